The van der Waals surface area contributed by atoms with E-state index in [9.17, 15) is 0 Å². The molecule has 18 heavy (non-hydrogen) atoms. The molecule has 6 nitrogen and oxygen atoms in total. The highest BCUT2D eigenvalue weighted by Gasteiger charge is 2.18. The van der Waals surface area contributed by atoms with Crippen LogP contribution in [0.3, 0.4) is 0 Å². The molecule has 0 spiro atoms. The molecule has 0 saturated carbocycles. The number of nitrogens with zero attached hydrogens (tertiary/aromatic N) is 4. The minimum Gasteiger partial charge on any atom is -0.341 e. The van der Waals surface area contributed by atoms with Gasteiger partial charge in [-0.15, -0.1) is 0 Å². The van der Waals surface area contributed by atoms with Gasteiger partial charge in [0.25, 0.3) is 0 Å². The van der Waals surface area contributed by atoms with Gasteiger partial charge >= 0.3 is 0 Å². The Morgan fingerprint density at radius 2 is 2.06 bits per heavy atom. The van der Waals surface area contributed by atoms with Crippen LogP contribution in [0.25, 0.3) is 0 Å². The molecule has 2 heterocycles. The third-order valence-electron chi connectivity index (χ3n) is 3.00. The van der Waals surface area contributed by atoms with Crippen molar-refractivity contribution in [2.75, 3.05) is 23.4 Å². The van der Waals surface area contributed by atoms with E-state index >= 15 is 0 Å². The van der Waals surface area contributed by atoms with Crippen molar-refractivity contribution in [1.82, 2.24) is 15.0 Å². The molecule has 3 N–H and O–H groups in total. The summed E-state index contributed by atoms with van der Waals surface area (Å²) in [4.78, 5) is 15.3. The Bertz CT molecular complexity index is 393. The predicted molar refractivity (Wildman–Crippen MR) is 74.7 cm³/mol. The summed E-state index contributed by atoms with van der Waals surface area (Å²) in [5.74, 6) is 6.60. The number of rotatable bonds is 5. The van der Waals surface area contributed by atoms with Crippen molar-refractivity contribution in [2.45, 2.75) is 43.5 Å². The first-order valence-electron chi connectivity index (χ1n) is 6.37. The zero-order valence-corrected chi connectivity index (χ0v) is 11.7. The standard InChI is InChI=1S/C11H20N6S/c1-3-8(2)18-11-14-9(16-12)13-10(15-11)17-6-4-5-7-17/h8H,3-7,12H2,1-2H3,(H,13,14,15,16). The quantitative estimate of drug-likeness (QED) is 0.477. The lowest BCUT2D eigenvalue weighted by molar-refractivity contribution is 0.819. The summed E-state index contributed by atoms with van der Waals surface area (Å²) in [7, 11) is 0. The molecule has 1 unspecified atom stereocenters. The lowest BCUT2D eigenvalue weighted by atomic mass is 10.4. The number of nitrogen functional groups attached to an aromatic ring is 1. The molecular formula is C11H20N6S. The van der Waals surface area contributed by atoms with Gasteiger partial charge in [-0.25, -0.2) is 5.84 Å². The first-order valence-corrected chi connectivity index (χ1v) is 7.25. The van der Waals surface area contributed by atoms with E-state index in [4.69, 9.17) is 5.84 Å². The molecule has 2 rings (SSSR count). The average Bonchev–Trinajstić information content (AvgIpc) is 2.92. The zero-order chi connectivity index (χ0) is 13.0. The van der Waals surface area contributed by atoms with Gasteiger partial charge in [-0.2, -0.15) is 15.0 Å². The van der Waals surface area contributed by atoms with E-state index < -0.39 is 0 Å². The van der Waals surface area contributed by atoms with Gasteiger partial charge in [-0.1, -0.05) is 25.6 Å². The number of hydrazine groups is 1. The lowest BCUT2D eigenvalue weighted by Gasteiger charge is -2.16. The highest BCUT2D eigenvalue weighted by atomic mass is 32.2. The monoisotopic (exact) mass is 268 g/mol. The molecule has 0 aliphatic carbocycles. The van der Waals surface area contributed by atoms with E-state index in [1.165, 1.54) is 12.8 Å². The fourth-order valence-corrected chi connectivity index (χ4v) is 2.59. The fourth-order valence-electron chi connectivity index (χ4n) is 1.78. The maximum atomic E-state index is 5.42. The van der Waals surface area contributed by atoms with E-state index in [1.54, 1.807) is 11.8 Å². The Hall–Kier alpha value is -1.08. The molecule has 1 aromatic rings. The van der Waals surface area contributed by atoms with Crippen molar-refractivity contribution in [3.05, 3.63) is 0 Å². The van der Waals surface area contributed by atoms with E-state index in [1.807, 2.05) is 0 Å². The molecule has 1 saturated heterocycles. The number of hydrogen-bond acceptors (Lipinski definition) is 7. The van der Waals surface area contributed by atoms with Gasteiger partial charge in [0.15, 0.2) is 5.16 Å². The summed E-state index contributed by atoms with van der Waals surface area (Å²) in [6.07, 6.45) is 3.48. The second-order valence-electron chi connectivity index (χ2n) is 4.42. The van der Waals surface area contributed by atoms with E-state index in [2.05, 4.69) is 39.1 Å². The van der Waals surface area contributed by atoms with Crippen molar-refractivity contribution in [2.24, 2.45) is 5.84 Å². The Labute approximate surface area is 112 Å². The van der Waals surface area contributed by atoms with Gasteiger partial charge in [0, 0.05) is 18.3 Å². The summed E-state index contributed by atoms with van der Waals surface area (Å²) in [5, 5.41) is 1.23. The minimum atomic E-state index is 0.442. The van der Waals surface area contributed by atoms with Crippen LogP contribution >= 0.6 is 11.8 Å². The van der Waals surface area contributed by atoms with Crippen molar-refractivity contribution in [3.63, 3.8) is 0 Å². The van der Waals surface area contributed by atoms with Gasteiger partial charge in [0.2, 0.25) is 11.9 Å². The maximum absolute atomic E-state index is 5.42. The number of nitrogens with one attached hydrogen (secondary N) is 1. The first-order chi connectivity index (χ1) is 8.72. The number of thioether (sulfide) groups is 1. The molecule has 1 aliphatic heterocycles. The number of nitrogens with two attached hydrogens (primary N) is 1. The molecule has 1 fully saturated rings. The van der Waals surface area contributed by atoms with Crippen LogP contribution < -0.4 is 16.2 Å². The topological polar surface area (TPSA) is 80.0 Å². The number of hydrogen-bond donors (Lipinski definition) is 2. The lowest BCUT2D eigenvalue weighted by Crippen LogP contribution is -2.22. The summed E-state index contributed by atoms with van der Waals surface area (Å²) in [6.45, 7) is 6.35. The van der Waals surface area contributed by atoms with E-state index in [0.717, 1.165) is 30.6 Å². The van der Waals surface area contributed by atoms with Crippen LogP contribution in [0.15, 0.2) is 5.16 Å². The predicted octanol–water partition coefficient (Wildman–Crippen LogP) is 1.65. The first kappa shape index (κ1) is 13.4. The van der Waals surface area contributed by atoms with Crippen LogP contribution in [0.4, 0.5) is 11.9 Å². The van der Waals surface area contributed by atoms with Gasteiger partial charge in [-0.05, 0) is 19.3 Å². The summed E-state index contributed by atoms with van der Waals surface area (Å²) in [6, 6.07) is 0. The van der Waals surface area contributed by atoms with Crippen LogP contribution in [0, 0.1) is 0 Å². The Balaban J connectivity index is 2.20. The Morgan fingerprint density at radius 1 is 1.33 bits per heavy atom. The molecular weight excluding hydrogens is 248 g/mol. The van der Waals surface area contributed by atoms with Gasteiger partial charge in [0.1, 0.15) is 0 Å². The van der Waals surface area contributed by atoms with Crippen molar-refractivity contribution in [1.29, 1.82) is 0 Å². The molecule has 0 radical (unpaired) electrons. The number of anilines is 2. The fraction of sp³-hybridized carbons (Fsp3) is 0.727. The molecule has 1 aliphatic rings. The van der Waals surface area contributed by atoms with Gasteiger partial charge in [-0.3, -0.25) is 5.43 Å². The average molecular weight is 268 g/mol. The Morgan fingerprint density at radius 3 is 2.67 bits per heavy atom. The SMILES string of the molecule is CCC(C)Sc1nc(NN)nc(N2CCCC2)n1. The van der Waals surface area contributed by atoms with Crippen molar-refractivity contribution >= 4 is 23.7 Å². The molecule has 100 valence electrons. The van der Waals surface area contributed by atoms with Crippen LogP contribution in [0.5, 0.6) is 0 Å². The highest BCUT2D eigenvalue weighted by molar-refractivity contribution is 7.99. The smallest absolute Gasteiger partial charge is 0.242 e. The van der Waals surface area contributed by atoms with E-state index in [0.29, 0.717) is 11.2 Å². The minimum absolute atomic E-state index is 0.442. The van der Waals surface area contributed by atoms with Crippen LogP contribution in [-0.4, -0.2) is 33.3 Å². The molecule has 1 atom stereocenters. The third kappa shape index (κ3) is 3.23. The summed E-state index contributed by atoms with van der Waals surface area (Å²) >= 11 is 1.66. The third-order valence-corrected chi connectivity index (χ3v) is 4.13. The zero-order valence-electron chi connectivity index (χ0n) is 10.9. The normalized spacial score (nSPS) is 16.9. The van der Waals surface area contributed by atoms with Crippen LogP contribution in [0.2, 0.25) is 0 Å². The molecule has 0 bridgehead atoms. The van der Waals surface area contributed by atoms with E-state index in [-0.39, 0.29) is 0 Å². The maximum Gasteiger partial charge on any atom is 0.242 e. The van der Waals surface area contributed by atoms with Gasteiger partial charge in [0.05, 0.1) is 0 Å². The van der Waals surface area contributed by atoms with Crippen molar-refractivity contribution in [3.8, 4) is 0 Å². The summed E-state index contributed by atoms with van der Waals surface area (Å²) < 4.78 is 0. The van der Waals surface area contributed by atoms with Gasteiger partial charge < -0.3 is 4.90 Å². The van der Waals surface area contributed by atoms with Crippen LogP contribution in [-0.2, 0) is 0 Å². The molecule has 1 aromatic heterocycles. The summed E-state index contributed by atoms with van der Waals surface area (Å²) in [5.41, 5.74) is 2.52. The van der Waals surface area contributed by atoms with Crippen LogP contribution in [0.1, 0.15) is 33.1 Å². The Kier molecular flexibility index (Phi) is 4.60. The largest absolute Gasteiger partial charge is 0.341 e. The highest BCUT2D eigenvalue weighted by Crippen LogP contribution is 2.25. The second kappa shape index (κ2) is 6.19. The molecule has 0 aromatic carbocycles. The number of aromatic nitrogens is 3. The second-order valence-corrected chi connectivity index (χ2v) is 5.82. The molecule has 7 heteroatoms. The molecule has 0 amide bonds. The van der Waals surface area contributed by atoms with Crippen molar-refractivity contribution < 1.29 is 0 Å².